The molecule has 4 aromatic heterocycles. The number of hydrogen-bond acceptors (Lipinski definition) is 5. The van der Waals surface area contributed by atoms with E-state index < -0.39 is 0 Å². The minimum absolute atomic E-state index is 0.583. The molecule has 0 aliphatic carbocycles. The average molecular weight is 721 g/mol. The molecule has 8 aromatic carbocycles. The molecule has 0 aliphatic heterocycles. The van der Waals surface area contributed by atoms with E-state index >= 15 is 0 Å². The van der Waals surface area contributed by atoms with Gasteiger partial charge in [-0.15, -0.1) is 11.3 Å². The average Bonchev–Trinajstić information content (AvgIpc) is 3.91. The van der Waals surface area contributed by atoms with Crippen molar-refractivity contribution >= 4 is 86.0 Å². The largest absolute Gasteiger partial charge is 0.456 e. The van der Waals surface area contributed by atoms with Gasteiger partial charge in [0.25, 0.3) is 0 Å². The number of aromatic nitrogens is 4. The first-order valence-electron chi connectivity index (χ1n) is 18.4. The predicted molar refractivity (Wildman–Crippen MR) is 228 cm³/mol. The third-order valence-corrected chi connectivity index (χ3v) is 12.0. The van der Waals surface area contributed by atoms with Crippen molar-refractivity contribution in [2.24, 2.45) is 0 Å². The van der Waals surface area contributed by atoms with Crippen molar-refractivity contribution in [3.63, 3.8) is 0 Å². The Kier molecular flexibility index (Phi) is 6.44. The molecular weight excluding hydrogens is 693 g/mol. The number of fused-ring (bicyclic) bond motifs is 10. The molecule has 0 aliphatic rings. The summed E-state index contributed by atoms with van der Waals surface area (Å²) >= 11 is 1.79. The van der Waals surface area contributed by atoms with E-state index in [0.717, 1.165) is 55.3 Å². The van der Waals surface area contributed by atoms with Crippen molar-refractivity contribution in [2.45, 2.75) is 0 Å². The normalized spacial score (nSPS) is 12.0. The monoisotopic (exact) mass is 720 g/mol. The van der Waals surface area contributed by atoms with Gasteiger partial charge < -0.3 is 8.98 Å². The molecule has 6 heteroatoms. The van der Waals surface area contributed by atoms with Crippen LogP contribution in [-0.2, 0) is 0 Å². The van der Waals surface area contributed by atoms with Crippen molar-refractivity contribution in [1.29, 1.82) is 0 Å². The molecule has 0 radical (unpaired) electrons. The number of para-hydroxylation sites is 2. The lowest BCUT2D eigenvalue weighted by atomic mass is 10.0. The zero-order valence-corrected chi connectivity index (χ0v) is 30.1. The van der Waals surface area contributed by atoms with Crippen LogP contribution in [0.4, 0.5) is 0 Å². The van der Waals surface area contributed by atoms with E-state index in [-0.39, 0.29) is 0 Å². The Bertz CT molecular complexity index is 3500. The fraction of sp³-hybridized carbons (Fsp3) is 0. The van der Waals surface area contributed by atoms with Crippen LogP contribution in [0.15, 0.2) is 174 Å². The van der Waals surface area contributed by atoms with Gasteiger partial charge in [-0.3, -0.25) is 0 Å². The van der Waals surface area contributed by atoms with Gasteiger partial charge in [0, 0.05) is 52.8 Å². The minimum Gasteiger partial charge on any atom is -0.456 e. The van der Waals surface area contributed by atoms with Crippen LogP contribution in [0.25, 0.3) is 115 Å². The molecule has 0 amide bonds. The molecule has 55 heavy (non-hydrogen) atoms. The summed E-state index contributed by atoms with van der Waals surface area (Å²) in [4.78, 5) is 15.9. The lowest BCUT2D eigenvalue weighted by molar-refractivity contribution is 0.669. The quantitative estimate of drug-likeness (QED) is 0.182. The van der Waals surface area contributed by atoms with E-state index in [0.29, 0.717) is 17.5 Å². The topological polar surface area (TPSA) is 56.7 Å². The van der Waals surface area contributed by atoms with Gasteiger partial charge in [-0.2, -0.15) is 0 Å². The smallest absolute Gasteiger partial charge is 0.166 e. The maximum Gasteiger partial charge on any atom is 0.166 e. The summed E-state index contributed by atoms with van der Waals surface area (Å²) in [6.07, 6.45) is 0. The molecule has 0 bridgehead atoms. The van der Waals surface area contributed by atoms with E-state index in [2.05, 4.69) is 144 Å². The summed E-state index contributed by atoms with van der Waals surface area (Å²) in [7, 11) is 0. The molecular formula is C49H28N4OS. The predicted octanol–water partition coefficient (Wildman–Crippen LogP) is 13.4. The highest BCUT2D eigenvalue weighted by atomic mass is 32.1. The van der Waals surface area contributed by atoms with Crippen LogP contribution in [0.3, 0.4) is 0 Å². The van der Waals surface area contributed by atoms with E-state index in [4.69, 9.17) is 19.4 Å². The summed E-state index contributed by atoms with van der Waals surface area (Å²) < 4.78 is 11.4. The lowest BCUT2D eigenvalue weighted by Crippen LogP contribution is -2.04. The van der Waals surface area contributed by atoms with E-state index in [9.17, 15) is 0 Å². The molecule has 0 unspecified atom stereocenters. The molecule has 12 rings (SSSR count). The number of nitrogens with zero attached hydrogens (tertiary/aromatic N) is 4. The van der Waals surface area contributed by atoms with Crippen molar-refractivity contribution < 1.29 is 4.42 Å². The molecule has 0 spiro atoms. The van der Waals surface area contributed by atoms with Gasteiger partial charge in [0.05, 0.1) is 22.3 Å². The Morgan fingerprint density at radius 3 is 1.96 bits per heavy atom. The maximum atomic E-state index is 6.55. The Morgan fingerprint density at radius 1 is 0.418 bits per heavy atom. The molecule has 0 fully saturated rings. The lowest BCUT2D eigenvalue weighted by Gasteiger charge is -2.16. The second-order valence-corrected chi connectivity index (χ2v) is 15.1. The Hall–Kier alpha value is -7.15. The summed E-state index contributed by atoms with van der Waals surface area (Å²) in [5, 5.41) is 9.24. The van der Waals surface area contributed by atoms with Gasteiger partial charge in [0.15, 0.2) is 17.5 Å². The Morgan fingerprint density at radius 2 is 1.09 bits per heavy atom. The third kappa shape index (κ3) is 4.62. The van der Waals surface area contributed by atoms with E-state index in [1.165, 1.54) is 41.7 Å². The van der Waals surface area contributed by atoms with Gasteiger partial charge >= 0.3 is 0 Å². The number of benzene rings is 8. The molecule has 0 N–H and O–H groups in total. The van der Waals surface area contributed by atoms with Gasteiger partial charge in [0.1, 0.15) is 11.2 Å². The molecule has 0 saturated heterocycles. The van der Waals surface area contributed by atoms with E-state index in [1.54, 1.807) is 11.3 Å². The first kappa shape index (κ1) is 30.3. The fourth-order valence-electron chi connectivity index (χ4n) is 8.33. The molecule has 256 valence electrons. The zero-order chi connectivity index (χ0) is 36.0. The number of furan rings is 1. The van der Waals surface area contributed by atoms with Crippen molar-refractivity contribution in [3.8, 4) is 39.9 Å². The van der Waals surface area contributed by atoms with Crippen LogP contribution < -0.4 is 0 Å². The summed E-state index contributed by atoms with van der Waals surface area (Å²) in [5.74, 6) is 1.81. The van der Waals surface area contributed by atoms with Crippen LogP contribution in [-0.4, -0.2) is 19.5 Å². The highest BCUT2D eigenvalue weighted by molar-refractivity contribution is 7.25. The Labute approximate surface area is 318 Å². The fourth-order valence-corrected chi connectivity index (χ4v) is 9.48. The molecule has 5 nitrogen and oxygen atoms in total. The maximum absolute atomic E-state index is 6.55. The standard InChI is InChI=1S/C49H28N4OS/c1-2-12-29(13-3-1)47-50-48(32-22-23-35-34-17-8-11-21-43(34)55-44(35)28-32)52-49(51-47)46-39(24-25-42-45(46)36-18-7-10-20-41(36)54-42)53-38-19-9-6-16-33(38)37-26-30-14-4-5-15-31(30)27-40(37)53/h1-28H. The molecule has 12 aromatic rings. The van der Waals surface area contributed by atoms with Crippen LogP contribution in [0.2, 0.25) is 0 Å². The summed E-state index contributed by atoms with van der Waals surface area (Å²) in [5.41, 5.74) is 7.53. The number of thiophene rings is 1. The second-order valence-electron chi connectivity index (χ2n) is 14.0. The van der Waals surface area contributed by atoms with Crippen LogP contribution in [0.5, 0.6) is 0 Å². The number of rotatable bonds is 4. The zero-order valence-electron chi connectivity index (χ0n) is 29.3. The van der Waals surface area contributed by atoms with Gasteiger partial charge in [0.2, 0.25) is 0 Å². The van der Waals surface area contributed by atoms with Crippen LogP contribution in [0.1, 0.15) is 0 Å². The molecule has 4 heterocycles. The van der Waals surface area contributed by atoms with Crippen molar-refractivity contribution in [3.05, 3.63) is 170 Å². The van der Waals surface area contributed by atoms with Crippen molar-refractivity contribution in [1.82, 2.24) is 19.5 Å². The first-order valence-corrected chi connectivity index (χ1v) is 19.2. The minimum atomic E-state index is 0.583. The van der Waals surface area contributed by atoms with Crippen molar-refractivity contribution in [2.75, 3.05) is 0 Å². The first-order chi connectivity index (χ1) is 27.2. The SMILES string of the molecule is c1ccc(-c2nc(-c3ccc4c(c3)sc3ccccc34)nc(-c3c(-n4c5ccccc5c5cc6ccccc6cc54)ccc4oc5ccccc5c34)n2)cc1. The van der Waals surface area contributed by atoms with Gasteiger partial charge in [-0.25, -0.2) is 15.0 Å². The second kappa shape index (κ2) is 11.7. The highest BCUT2D eigenvalue weighted by Gasteiger charge is 2.24. The van der Waals surface area contributed by atoms with Gasteiger partial charge in [-0.05, 0) is 59.3 Å². The molecule has 0 atom stereocenters. The van der Waals surface area contributed by atoms with Gasteiger partial charge in [-0.1, -0.05) is 121 Å². The third-order valence-electron chi connectivity index (χ3n) is 10.8. The highest BCUT2D eigenvalue weighted by Crippen LogP contribution is 2.44. The summed E-state index contributed by atoms with van der Waals surface area (Å²) in [6, 6.07) is 59.7. The van der Waals surface area contributed by atoms with E-state index in [1.807, 2.05) is 30.3 Å². The Balaban J connectivity index is 1.21. The number of hydrogen-bond donors (Lipinski definition) is 0. The summed E-state index contributed by atoms with van der Waals surface area (Å²) in [6.45, 7) is 0. The van der Waals surface area contributed by atoms with Crippen LogP contribution >= 0.6 is 11.3 Å². The van der Waals surface area contributed by atoms with Crippen LogP contribution in [0, 0.1) is 0 Å². The molecule has 0 saturated carbocycles.